The zero-order valence-corrected chi connectivity index (χ0v) is 14.0. The number of benzene rings is 2. The number of hydrogen-bond acceptors (Lipinski definition) is 3. The van der Waals surface area contributed by atoms with E-state index in [0.29, 0.717) is 40.9 Å². The molecule has 21 heavy (non-hydrogen) atoms. The number of ketones is 1. The first-order valence-corrected chi connectivity index (χ1v) is 8.00. The lowest BCUT2D eigenvalue weighted by Gasteiger charge is -2.10. The van der Waals surface area contributed by atoms with E-state index in [4.69, 9.17) is 21.1 Å². The van der Waals surface area contributed by atoms with Gasteiger partial charge in [-0.3, -0.25) is 4.79 Å². The van der Waals surface area contributed by atoms with Gasteiger partial charge in [-0.2, -0.15) is 0 Å². The highest BCUT2D eigenvalue weighted by molar-refractivity contribution is 14.1. The van der Waals surface area contributed by atoms with Crippen molar-refractivity contribution in [2.24, 2.45) is 0 Å². The maximum absolute atomic E-state index is 12.6. The highest BCUT2D eigenvalue weighted by Crippen LogP contribution is 2.31. The maximum Gasteiger partial charge on any atom is 0.194 e. The molecule has 0 fully saturated rings. The van der Waals surface area contributed by atoms with Crippen LogP contribution in [0.1, 0.15) is 22.3 Å². The van der Waals surface area contributed by atoms with E-state index in [-0.39, 0.29) is 5.78 Å². The highest BCUT2D eigenvalue weighted by atomic mass is 127. The molecule has 3 rings (SSSR count). The van der Waals surface area contributed by atoms with Gasteiger partial charge < -0.3 is 9.47 Å². The molecule has 0 aromatic heterocycles. The van der Waals surface area contributed by atoms with Gasteiger partial charge in [0.25, 0.3) is 0 Å². The van der Waals surface area contributed by atoms with Crippen molar-refractivity contribution in [2.45, 2.75) is 6.42 Å². The Bertz CT molecular complexity index is 700. The third-order valence-corrected chi connectivity index (χ3v) is 4.36. The second-order valence-corrected chi connectivity index (χ2v) is 6.26. The molecular weight excluding hydrogens is 403 g/mol. The van der Waals surface area contributed by atoms with Crippen molar-refractivity contribution in [1.82, 2.24) is 0 Å². The monoisotopic (exact) mass is 414 g/mol. The largest absolute Gasteiger partial charge is 0.490 e. The zero-order chi connectivity index (χ0) is 14.8. The SMILES string of the molecule is O=C(c1ccc2c(c1)OCCCO2)c1cc(Cl)ccc1I. The minimum Gasteiger partial charge on any atom is -0.490 e. The van der Waals surface area contributed by atoms with Gasteiger partial charge in [-0.25, -0.2) is 0 Å². The first-order chi connectivity index (χ1) is 10.1. The van der Waals surface area contributed by atoms with E-state index in [1.165, 1.54) is 0 Å². The Morgan fingerprint density at radius 3 is 2.62 bits per heavy atom. The fourth-order valence-electron chi connectivity index (χ4n) is 2.13. The molecule has 0 saturated carbocycles. The molecule has 0 radical (unpaired) electrons. The van der Waals surface area contributed by atoms with Crippen LogP contribution in [0.2, 0.25) is 5.02 Å². The number of halogens is 2. The van der Waals surface area contributed by atoms with Crippen LogP contribution >= 0.6 is 34.2 Å². The molecule has 1 aliphatic heterocycles. The number of hydrogen-bond donors (Lipinski definition) is 0. The number of ether oxygens (including phenoxy) is 2. The summed E-state index contributed by atoms with van der Waals surface area (Å²) >= 11 is 8.12. The molecule has 3 nitrogen and oxygen atoms in total. The summed E-state index contributed by atoms with van der Waals surface area (Å²) in [5.74, 6) is 1.23. The molecule has 0 aliphatic carbocycles. The smallest absolute Gasteiger partial charge is 0.194 e. The van der Waals surface area contributed by atoms with Gasteiger partial charge in [-0.1, -0.05) is 11.6 Å². The summed E-state index contributed by atoms with van der Waals surface area (Å²) in [5.41, 5.74) is 1.16. The van der Waals surface area contributed by atoms with Crippen molar-refractivity contribution in [3.8, 4) is 11.5 Å². The van der Waals surface area contributed by atoms with Crippen molar-refractivity contribution >= 4 is 40.0 Å². The molecule has 0 unspecified atom stereocenters. The van der Waals surface area contributed by atoms with Gasteiger partial charge in [-0.15, -0.1) is 0 Å². The topological polar surface area (TPSA) is 35.5 Å². The van der Waals surface area contributed by atoms with Crippen LogP contribution in [-0.4, -0.2) is 19.0 Å². The predicted molar refractivity (Wildman–Crippen MR) is 89.7 cm³/mol. The van der Waals surface area contributed by atoms with E-state index in [0.717, 1.165) is 9.99 Å². The number of carbonyl (C=O) groups excluding carboxylic acids is 1. The van der Waals surface area contributed by atoms with Crippen LogP contribution in [0.15, 0.2) is 36.4 Å². The third-order valence-electron chi connectivity index (χ3n) is 3.18. The summed E-state index contributed by atoms with van der Waals surface area (Å²) < 4.78 is 12.1. The average molecular weight is 415 g/mol. The van der Waals surface area contributed by atoms with Gasteiger partial charge in [0.1, 0.15) is 0 Å². The number of rotatable bonds is 2. The zero-order valence-electron chi connectivity index (χ0n) is 11.1. The molecule has 0 bridgehead atoms. The highest BCUT2D eigenvalue weighted by Gasteiger charge is 2.17. The Morgan fingerprint density at radius 1 is 1.05 bits per heavy atom. The minimum atomic E-state index is -0.0717. The lowest BCUT2D eigenvalue weighted by molar-refractivity contribution is 0.103. The summed E-state index contributed by atoms with van der Waals surface area (Å²) in [7, 11) is 0. The van der Waals surface area contributed by atoms with Gasteiger partial charge in [-0.05, 0) is 59.0 Å². The van der Waals surface area contributed by atoms with Crippen molar-refractivity contribution in [2.75, 3.05) is 13.2 Å². The van der Waals surface area contributed by atoms with E-state index in [1.807, 2.05) is 6.07 Å². The summed E-state index contributed by atoms with van der Waals surface area (Å²) in [6, 6.07) is 10.6. The Morgan fingerprint density at radius 2 is 1.81 bits per heavy atom. The molecule has 1 aliphatic rings. The molecule has 2 aromatic rings. The third kappa shape index (κ3) is 3.16. The van der Waals surface area contributed by atoms with Gasteiger partial charge in [0.15, 0.2) is 17.3 Å². The number of fused-ring (bicyclic) bond motifs is 1. The fourth-order valence-corrected chi connectivity index (χ4v) is 2.88. The van der Waals surface area contributed by atoms with Gasteiger partial charge in [0.05, 0.1) is 13.2 Å². The van der Waals surface area contributed by atoms with Crippen LogP contribution in [0.4, 0.5) is 0 Å². The average Bonchev–Trinajstić information content (AvgIpc) is 2.73. The van der Waals surface area contributed by atoms with Crippen LogP contribution in [0.5, 0.6) is 11.5 Å². The van der Waals surface area contributed by atoms with E-state index in [2.05, 4.69) is 22.6 Å². The van der Waals surface area contributed by atoms with Gasteiger partial charge in [0, 0.05) is 26.1 Å². The summed E-state index contributed by atoms with van der Waals surface area (Å²) in [6.45, 7) is 1.23. The minimum absolute atomic E-state index is 0.0717. The van der Waals surface area contributed by atoms with E-state index < -0.39 is 0 Å². The molecule has 0 amide bonds. The molecule has 0 saturated heterocycles. The summed E-state index contributed by atoms with van der Waals surface area (Å²) in [4.78, 5) is 12.6. The van der Waals surface area contributed by atoms with E-state index in [9.17, 15) is 4.79 Å². The van der Waals surface area contributed by atoms with Crippen LogP contribution < -0.4 is 9.47 Å². The normalized spacial score (nSPS) is 13.6. The first kappa shape index (κ1) is 14.7. The van der Waals surface area contributed by atoms with Crippen LogP contribution in [0, 0.1) is 3.57 Å². The summed E-state index contributed by atoms with van der Waals surface area (Å²) in [5, 5.41) is 0.549. The Kier molecular flexibility index (Phi) is 4.35. The molecule has 5 heteroatoms. The van der Waals surface area contributed by atoms with Gasteiger partial charge >= 0.3 is 0 Å². The molecule has 0 atom stereocenters. The molecule has 0 spiro atoms. The molecule has 2 aromatic carbocycles. The number of carbonyl (C=O) groups is 1. The summed E-state index contributed by atoms with van der Waals surface area (Å²) in [6.07, 6.45) is 0.837. The Hall–Kier alpha value is -1.27. The molecule has 0 N–H and O–H groups in total. The second kappa shape index (κ2) is 6.23. The van der Waals surface area contributed by atoms with Crippen molar-refractivity contribution < 1.29 is 14.3 Å². The Labute approximate surface area is 141 Å². The van der Waals surface area contributed by atoms with Gasteiger partial charge in [0.2, 0.25) is 0 Å². The quantitative estimate of drug-likeness (QED) is 0.542. The van der Waals surface area contributed by atoms with Crippen molar-refractivity contribution in [1.29, 1.82) is 0 Å². The Balaban J connectivity index is 1.98. The maximum atomic E-state index is 12.6. The lowest BCUT2D eigenvalue weighted by Crippen LogP contribution is -2.04. The van der Waals surface area contributed by atoms with Crippen molar-refractivity contribution in [3.05, 3.63) is 56.1 Å². The lowest BCUT2D eigenvalue weighted by atomic mass is 10.0. The predicted octanol–water partition coefficient (Wildman–Crippen LogP) is 4.34. The van der Waals surface area contributed by atoms with Crippen LogP contribution in [-0.2, 0) is 0 Å². The molecule has 108 valence electrons. The molecular formula is C16H12ClIO3. The fraction of sp³-hybridized carbons (Fsp3) is 0.188. The first-order valence-electron chi connectivity index (χ1n) is 6.54. The molecule has 1 heterocycles. The van der Waals surface area contributed by atoms with E-state index >= 15 is 0 Å². The standard InChI is InChI=1S/C16H12ClIO3/c17-11-3-4-13(18)12(9-11)16(19)10-2-5-14-15(8-10)21-7-1-6-20-14/h2-5,8-9H,1,6-7H2. The van der Waals surface area contributed by atoms with Crippen molar-refractivity contribution in [3.63, 3.8) is 0 Å². The van der Waals surface area contributed by atoms with E-state index in [1.54, 1.807) is 30.3 Å². The van der Waals surface area contributed by atoms with Crippen LogP contribution in [0.25, 0.3) is 0 Å². The second-order valence-electron chi connectivity index (χ2n) is 4.67. The van der Waals surface area contributed by atoms with Crippen LogP contribution in [0.3, 0.4) is 0 Å².